The summed E-state index contributed by atoms with van der Waals surface area (Å²) < 4.78 is 18.1. The predicted octanol–water partition coefficient (Wildman–Crippen LogP) is 3.93. The van der Waals surface area contributed by atoms with Gasteiger partial charge in [0, 0.05) is 42.7 Å². The highest BCUT2D eigenvalue weighted by Gasteiger charge is 2.12. The average molecular weight is 364 g/mol. The largest absolute Gasteiger partial charge is 0.370 e. The number of nitrogens with zero attached hydrogens (tertiary/aromatic N) is 5. The number of halogens is 1. The lowest BCUT2D eigenvalue weighted by Gasteiger charge is -2.11. The zero-order valence-electron chi connectivity index (χ0n) is 15.1. The summed E-state index contributed by atoms with van der Waals surface area (Å²) in [5.74, 6) is 0.534. The Morgan fingerprint density at radius 3 is 2.89 bits per heavy atom. The van der Waals surface area contributed by atoms with Crippen LogP contribution in [0.4, 0.5) is 10.2 Å². The summed E-state index contributed by atoms with van der Waals surface area (Å²) in [5.41, 5.74) is 2.78. The molecule has 0 amide bonds. The van der Waals surface area contributed by atoms with Crippen LogP contribution in [0.1, 0.15) is 18.4 Å². The Balaban J connectivity index is 1.53. The number of imidazole rings is 1. The monoisotopic (exact) mass is 364 g/mol. The maximum Gasteiger partial charge on any atom is 0.160 e. The van der Waals surface area contributed by atoms with Crippen molar-refractivity contribution in [3.8, 4) is 11.3 Å². The molecule has 0 aliphatic heterocycles. The van der Waals surface area contributed by atoms with Crippen LogP contribution >= 0.6 is 0 Å². The van der Waals surface area contributed by atoms with E-state index in [1.165, 1.54) is 6.07 Å². The molecule has 138 valence electrons. The highest BCUT2D eigenvalue weighted by atomic mass is 19.1. The molecular formula is C20H21FN6. The minimum absolute atomic E-state index is 0.280. The Kier molecular flexibility index (Phi) is 4.82. The van der Waals surface area contributed by atoms with Crippen molar-refractivity contribution >= 4 is 11.5 Å². The van der Waals surface area contributed by atoms with Gasteiger partial charge in [-0.3, -0.25) is 0 Å². The smallest absolute Gasteiger partial charge is 0.160 e. The van der Waals surface area contributed by atoms with Crippen LogP contribution in [0, 0.1) is 12.7 Å². The summed E-state index contributed by atoms with van der Waals surface area (Å²) in [6.07, 6.45) is 9.39. The third-order valence-corrected chi connectivity index (χ3v) is 4.51. The van der Waals surface area contributed by atoms with Crippen LogP contribution in [0.5, 0.6) is 0 Å². The number of hydrogen-bond donors (Lipinski definition) is 1. The molecule has 0 radical (unpaired) electrons. The molecule has 0 fully saturated rings. The molecule has 3 heterocycles. The zero-order chi connectivity index (χ0) is 18.6. The molecule has 1 N–H and O–H groups in total. The molecule has 0 spiro atoms. The van der Waals surface area contributed by atoms with E-state index in [0.717, 1.165) is 43.0 Å². The van der Waals surface area contributed by atoms with E-state index >= 15 is 0 Å². The standard InChI is InChI=1S/C20H21FN6/c1-15-13-24-27-19(23-8-4-5-10-26-11-9-22-14-26)12-18(25-20(15)27)16-6-2-3-7-17(16)21/h2-3,6-7,9,11-14,23H,4-5,8,10H2,1H3. The number of hydrogen-bond acceptors (Lipinski definition) is 4. The normalized spacial score (nSPS) is 11.2. The molecule has 0 saturated heterocycles. The van der Waals surface area contributed by atoms with Gasteiger partial charge < -0.3 is 9.88 Å². The quantitative estimate of drug-likeness (QED) is 0.505. The fourth-order valence-electron chi connectivity index (χ4n) is 3.06. The number of rotatable bonds is 7. The van der Waals surface area contributed by atoms with Crippen LogP contribution in [0.15, 0.2) is 55.2 Å². The van der Waals surface area contributed by atoms with Crippen molar-refractivity contribution in [3.05, 3.63) is 66.6 Å². The number of nitrogens with one attached hydrogen (secondary N) is 1. The van der Waals surface area contributed by atoms with E-state index in [0.29, 0.717) is 11.3 Å². The van der Waals surface area contributed by atoms with Crippen LogP contribution in [0.25, 0.3) is 16.9 Å². The maximum atomic E-state index is 14.2. The van der Waals surface area contributed by atoms with Gasteiger partial charge in [-0.25, -0.2) is 14.4 Å². The molecule has 0 unspecified atom stereocenters. The van der Waals surface area contributed by atoms with Crippen molar-refractivity contribution in [3.63, 3.8) is 0 Å². The van der Waals surface area contributed by atoms with E-state index in [4.69, 9.17) is 0 Å². The molecule has 6 nitrogen and oxygen atoms in total. The van der Waals surface area contributed by atoms with Gasteiger partial charge in [-0.1, -0.05) is 12.1 Å². The number of aryl methyl sites for hydroxylation is 2. The second-order valence-corrected chi connectivity index (χ2v) is 6.50. The highest BCUT2D eigenvalue weighted by molar-refractivity contribution is 5.68. The fourth-order valence-corrected chi connectivity index (χ4v) is 3.06. The highest BCUT2D eigenvalue weighted by Crippen LogP contribution is 2.25. The summed E-state index contributed by atoms with van der Waals surface area (Å²) in [7, 11) is 0. The molecule has 0 aliphatic carbocycles. The Hall–Kier alpha value is -3.22. The molecular weight excluding hydrogens is 343 g/mol. The molecule has 1 aromatic carbocycles. The molecule has 7 heteroatoms. The number of unbranched alkanes of at least 4 members (excludes halogenated alkanes) is 1. The summed E-state index contributed by atoms with van der Waals surface area (Å²) >= 11 is 0. The van der Waals surface area contributed by atoms with Crippen molar-refractivity contribution in [2.45, 2.75) is 26.3 Å². The van der Waals surface area contributed by atoms with Gasteiger partial charge in [0.2, 0.25) is 0 Å². The Morgan fingerprint density at radius 2 is 2.07 bits per heavy atom. The lowest BCUT2D eigenvalue weighted by molar-refractivity contribution is 0.620. The molecule has 0 atom stereocenters. The Bertz CT molecular complexity index is 1040. The van der Waals surface area contributed by atoms with Crippen LogP contribution in [0.2, 0.25) is 0 Å². The zero-order valence-corrected chi connectivity index (χ0v) is 15.1. The average Bonchev–Trinajstić information content (AvgIpc) is 3.32. The van der Waals surface area contributed by atoms with Gasteiger partial charge in [-0.2, -0.15) is 9.61 Å². The van der Waals surface area contributed by atoms with Crippen LogP contribution in [-0.2, 0) is 6.54 Å². The van der Waals surface area contributed by atoms with Crippen molar-refractivity contribution in [2.75, 3.05) is 11.9 Å². The van der Waals surface area contributed by atoms with Crippen molar-refractivity contribution in [1.29, 1.82) is 0 Å². The fraction of sp³-hybridized carbons (Fsp3) is 0.250. The van der Waals surface area contributed by atoms with Gasteiger partial charge in [0.15, 0.2) is 5.65 Å². The predicted molar refractivity (Wildman–Crippen MR) is 103 cm³/mol. The van der Waals surface area contributed by atoms with E-state index in [1.807, 2.05) is 31.6 Å². The van der Waals surface area contributed by atoms with E-state index in [9.17, 15) is 4.39 Å². The number of aromatic nitrogens is 5. The lowest BCUT2D eigenvalue weighted by Crippen LogP contribution is -2.09. The second-order valence-electron chi connectivity index (χ2n) is 6.50. The van der Waals surface area contributed by atoms with Gasteiger partial charge in [-0.15, -0.1) is 0 Å². The number of fused-ring (bicyclic) bond motifs is 1. The first-order valence-electron chi connectivity index (χ1n) is 9.02. The van der Waals surface area contributed by atoms with Gasteiger partial charge >= 0.3 is 0 Å². The second kappa shape index (κ2) is 7.57. The third-order valence-electron chi connectivity index (χ3n) is 4.51. The van der Waals surface area contributed by atoms with Gasteiger partial charge in [0.25, 0.3) is 0 Å². The first-order chi connectivity index (χ1) is 13.2. The van der Waals surface area contributed by atoms with E-state index in [-0.39, 0.29) is 5.82 Å². The lowest BCUT2D eigenvalue weighted by atomic mass is 10.1. The summed E-state index contributed by atoms with van der Waals surface area (Å²) in [4.78, 5) is 8.66. The SMILES string of the molecule is Cc1cnn2c(NCCCCn3ccnc3)cc(-c3ccccc3F)nc12. The molecule has 3 aromatic heterocycles. The van der Waals surface area contributed by atoms with Crippen LogP contribution in [-0.4, -0.2) is 30.7 Å². The van der Waals surface area contributed by atoms with Crippen LogP contribution in [0.3, 0.4) is 0 Å². The van der Waals surface area contributed by atoms with E-state index < -0.39 is 0 Å². The van der Waals surface area contributed by atoms with Crippen molar-refractivity contribution in [2.24, 2.45) is 0 Å². The molecule has 4 aromatic rings. The number of anilines is 1. The maximum absolute atomic E-state index is 14.2. The van der Waals surface area contributed by atoms with E-state index in [2.05, 4.69) is 25.0 Å². The first kappa shape index (κ1) is 17.2. The summed E-state index contributed by atoms with van der Waals surface area (Å²) in [6, 6.07) is 8.55. The first-order valence-corrected chi connectivity index (χ1v) is 9.02. The summed E-state index contributed by atoms with van der Waals surface area (Å²) in [5, 5.41) is 7.82. The van der Waals surface area contributed by atoms with Gasteiger partial charge in [0.05, 0.1) is 18.2 Å². The van der Waals surface area contributed by atoms with Gasteiger partial charge in [-0.05, 0) is 31.9 Å². The van der Waals surface area contributed by atoms with Crippen molar-refractivity contribution < 1.29 is 4.39 Å². The van der Waals surface area contributed by atoms with Crippen LogP contribution < -0.4 is 5.32 Å². The molecule has 0 aliphatic rings. The molecule has 0 saturated carbocycles. The Morgan fingerprint density at radius 1 is 1.19 bits per heavy atom. The third kappa shape index (κ3) is 3.67. The van der Waals surface area contributed by atoms with E-state index in [1.54, 1.807) is 29.0 Å². The molecule has 27 heavy (non-hydrogen) atoms. The molecule has 0 bridgehead atoms. The Labute approximate surface area is 156 Å². The summed E-state index contributed by atoms with van der Waals surface area (Å²) in [6.45, 7) is 3.69. The number of benzene rings is 1. The van der Waals surface area contributed by atoms with Crippen molar-refractivity contribution in [1.82, 2.24) is 24.1 Å². The minimum Gasteiger partial charge on any atom is -0.370 e. The van der Waals surface area contributed by atoms with Gasteiger partial charge in [0.1, 0.15) is 11.6 Å². The topological polar surface area (TPSA) is 60.0 Å². The molecule has 4 rings (SSSR count). The minimum atomic E-state index is -0.280.